The Hall–Kier alpha value is -2.86. The van der Waals surface area contributed by atoms with Gasteiger partial charge >= 0.3 is 0 Å². The highest BCUT2D eigenvalue weighted by atomic mass is 16.5. The van der Waals surface area contributed by atoms with Crippen molar-refractivity contribution in [2.75, 3.05) is 7.11 Å². The first kappa shape index (κ1) is 17.0. The first-order chi connectivity index (χ1) is 12.0. The minimum absolute atomic E-state index is 0.166. The standard InChI is InChI=1S/C19H20N2O4/c1-19(2,22)14-7-9-15(10-8-14)24-12-17-20-18(21-25-17)13-5-4-6-16(11-13)23-3/h4-11,22H,12H2,1-3H3. The molecule has 2 aromatic carbocycles. The van der Waals surface area contributed by atoms with E-state index in [0.717, 1.165) is 16.9 Å². The zero-order valence-electron chi connectivity index (χ0n) is 14.4. The number of nitrogens with zero attached hydrogens (tertiary/aromatic N) is 2. The molecule has 0 aliphatic heterocycles. The van der Waals surface area contributed by atoms with Gasteiger partial charge in [0.25, 0.3) is 5.89 Å². The van der Waals surface area contributed by atoms with E-state index in [1.54, 1.807) is 33.1 Å². The zero-order chi connectivity index (χ0) is 17.9. The molecule has 0 radical (unpaired) electrons. The smallest absolute Gasteiger partial charge is 0.264 e. The number of aliphatic hydroxyl groups is 1. The molecule has 0 unspecified atom stereocenters. The molecule has 25 heavy (non-hydrogen) atoms. The lowest BCUT2D eigenvalue weighted by Gasteiger charge is -2.17. The van der Waals surface area contributed by atoms with Crippen molar-refractivity contribution >= 4 is 0 Å². The lowest BCUT2D eigenvalue weighted by molar-refractivity contribution is 0.0785. The molecule has 1 N–H and O–H groups in total. The molecule has 6 heteroatoms. The number of aromatic nitrogens is 2. The molecule has 0 fully saturated rings. The Labute approximate surface area is 146 Å². The second kappa shape index (κ2) is 6.94. The molecule has 0 saturated heterocycles. The number of ether oxygens (including phenoxy) is 2. The Bertz CT molecular complexity index is 835. The summed E-state index contributed by atoms with van der Waals surface area (Å²) in [6, 6.07) is 14.7. The summed E-state index contributed by atoms with van der Waals surface area (Å²) in [5, 5.41) is 13.9. The summed E-state index contributed by atoms with van der Waals surface area (Å²) in [7, 11) is 1.61. The fraction of sp³-hybridized carbons (Fsp3) is 0.263. The summed E-state index contributed by atoms with van der Waals surface area (Å²) in [5.74, 6) is 2.25. The Morgan fingerprint density at radius 2 is 1.84 bits per heavy atom. The van der Waals surface area contributed by atoms with Crippen molar-refractivity contribution in [3.63, 3.8) is 0 Å². The van der Waals surface area contributed by atoms with Crippen LogP contribution in [-0.2, 0) is 12.2 Å². The fourth-order valence-corrected chi connectivity index (χ4v) is 2.30. The van der Waals surface area contributed by atoms with Crippen LogP contribution in [0.25, 0.3) is 11.4 Å². The van der Waals surface area contributed by atoms with Crippen LogP contribution in [-0.4, -0.2) is 22.4 Å². The Kier molecular flexibility index (Phi) is 4.72. The van der Waals surface area contributed by atoms with Crippen LogP contribution in [0.1, 0.15) is 25.3 Å². The largest absolute Gasteiger partial charge is 0.497 e. The minimum Gasteiger partial charge on any atom is -0.497 e. The van der Waals surface area contributed by atoms with E-state index in [9.17, 15) is 5.11 Å². The second-order valence-corrected chi connectivity index (χ2v) is 6.12. The number of benzene rings is 2. The summed E-state index contributed by atoms with van der Waals surface area (Å²) in [4.78, 5) is 4.33. The molecule has 0 amide bonds. The molecule has 3 rings (SSSR count). The molecule has 6 nitrogen and oxygen atoms in total. The SMILES string of the molecule is COc1cccc(-c2noc(COc3ccc(C(C)(C)O)cc3)n2)c1. The van der Waals surface area contributed by atoms with Gasteiger partial charge in [0.1, 0.15) is 11.5 Å². The van der Waals surface area contributed by atoms with Gasteiger partial charge in [0.15, 0.2) is 6.61 Å². The number of hydrogen-bond acceptors (Lipinski definition) is 6. The quantitative estimate of drug-likeness (QED) is 0.739. The zero-order valence-corrected chi connectivity index (χ0v) is 14.4. The van der Waals surface area contributed by atoms with Gasteiger partial charge in [-0.05, 0) is 43.7 Å². The first-order valence-electron chi connectivity index (χ1n) is 7.88. The van der Waals surface area contributed by atoms with E-state index in [0.29, 0.717) is 17.5 Å². The van der Waals surface area contributed by atoms with Gasteiger partial charge in [0, 0.05) is 5.56 Å². The number of rotatable bonds is 6. The van der Waals surface area contributed by atoms with Crippen molar-refractivity contribution in [2.24, 2.45) is 0 Å². The maximum Gasteiger partial charge on any atom is 0.264 e. The van der Waals surface area contributed by atoms with Gasteiger partial charge in [0.2, 0.25) is 5.82 Å². The van der Waals surface area contributed by atoms with E-state index in [-0.39, 0.29) is 6.61 Å². The summed E-state index contributed by atoms with van der Waals surface area (Å²) in [6.07, 6.45) is 0. The highest BCUT2D eigenvalue weighted by Crippen LogP contribution is 2.24. The van der Waals surface area contributed by atoms with Crippen molar-refractivity contribution in [3.8, 4) is 22.9 Å². The highest BCUT2D eigenvalue weighted by Gasteiger charge is 2.15. The molecule has 3 aromatic rings. The third-order valence-electron chi connectivity index (χ3n) is 3.72. The van der Waals surface area contributed by atoms with E-state index >= 15 is 0 Å². The second-order valence-electron chi connectivity index (χ2n) is 6.12. The third-order valence-corrected chi connectivity index (χ3v) is 3.72. The van der Waals surface area contributed by atoms with Crippen LogP contribution in [0.15, 0.2) is 53.1 Å². The monoisotopic (exact) mass is 340 g/mol. The highest BCUT2D eigenvalue weighted by molar-refractivity contribution is 5.56. The average molecular weight is 340 g/mol. The van der Waals surface area contributed by atoms with Crippen LogP contribution in [0.4, 0.5) is 0 Å². The summed E-state index contributed by atoms with van der Waals surface area (Å²) >= 11 is 0. The summed E-state index contributed by atoms with van der Waals surface area (Å²) in [5.41, 5.74) is 0.748. The summed E-state index contributed by atoms with van der Waals surface area (Å²) < 4.78 is 16.1. The number of methoxy groups -OCH3 is 1. The van der Waals surface area contributed by atoms with Gasteiger partial charge in [-0.15, -0.1) is 0 Å². The van der Waals surface area contributed by atoms with Gasteiger partial charge in [-0.1, -0.05) is 29.4 Å². The molecular weight excluding hydrogens is 320 g/mol. The lowest BCUT2D eigenvalue weighted by atomic mass is 9.99. The van der Waals surface area contributed by atoms with Crippen molar-refractivity contribution in [3.05, 3.63) is 60.0 Å². The van der Waals surface area contributed by atoms with E-state index in [1.807, 2.05) is 36.4 Å². The van der Waals surface area contributed by atoms with Crippen LogP contribution < -0.4 is 9.47 Å². The van der Waals surface area contributed by atoms with Crippen molar-refractivity contribution in [1.29, 1.82) is 0 Å². The fourth-order valence-electron chi connectivity index (χ4n) is 2.30. The lowest BCUT2D eigenvalue weighted by Crippen LogP contribution is -2.14. The normalized spacial score (nSPS) is 11.4. The van der Waals surface area contributed by atoms with Crippen LogP contribution in [0, 0.1) is 0 Å². The van der Waals surface area contributed by atoms with Gasteiger partial charge in [-0.3, -0.25) is 0 Å². The Morgan fingerprint density at radius 3 is 2.52 bits per heavy atom. The van der Waals surface area contributed by atoms with E-state index in [1.165, 1.54) is 0 Å². The van der Waals surface area contributed by atoms with Crippen LogP contribution in [0.2, 0.25) is 0 Å². The van der Waals surface area contributed by atoms with E-state index in [2.05, 4.69) is 10.1 Å². The van der Waals surface area contributed by atoms with Crippen LogP contribution in [0.5, 0.6) is 11.5 Å². The van der Waals surface area contributed by atoms with Crippen LogP contribution >= 0.6 is 0 Å². The maximum atomic E-state index is 9.95. The molecular formula is C19H20N2O4. The van der Waals surface area contributed by atoms with Crippen LogP contribution in [0.3, 0.4) is 0 Å². The first-order valence-corrected chi connectivity index (χ1v) is 7.88. The van der Waals surface area contributed by atoms with Gasteiger partial charge in [-0.25, -0.2) is 0 Å². The minimum atomic E-state index is -0.878. The predicted octanol–water partition coefficient (Wildman–Crippen LogP) is 3.55. The maximum absolute atomic E-state index is 9.95. The third kappa shape index (κ3) is 4.16. The molecule has 0 saturated carbocycles. The van der Waals surface area contributed by atoms with Crippen molar-refractivity contribution in [2.45, 2.75) is 26.1 Å². The Balaban J connectivity index is 1.65. The molecule has 0 aliphatic carbocycles. The molecule has 1 heterocycles. The van der Waals surface area contributed by atoms with Gasteiger partial charge < -0.3 is 19.1 Å². The number of hydrogen-bond donors (Lipinski definition) is 1. The topological polar surface area (TPSA) is 77.6 Å². The van der Waals surface area contributed by atoms with Crippen molar-refractivity contribution in [1.82, 2.24) is 10.1 Å². The molecule has 0 aliphatic rings. The molecule has 130 valence electrons. The van der Waals surface area contributed by atoms with E-state index in [4.69, 9.17) is 14.0 Å². The van der Waals surface area contributed by atoms with E-state index < -0.39 is 5.60 Å². The molecule has 0 bridgehead atoms. The predicted molar refractivity (Wildman–Crippen MR) is 92.3 cm³/mol. The molecule has 1 aromatic heterocycles. The molecule has 0 spiro atoms. The van der Waals surface area contributed by atoms with Crippen molar-refractivity contribution < 1.29 is 19.1 Å². The Morgan fingerprint density at radius 1 is 1.08 bits per heavy atom. The van der Waals surface area contributed by atoms with Gasteiger partial charge in [0.05, 0.1) is 12.7 Å². The van der Waals surface area contributed by atoms with Gasteiger partial charge in [-0.2, -0.15) is 4.98 Å². The summed E-state index contributed by atoms with van der Waals surface area (Å²) in [6.45, 7) is 3.64. The average Bonchev–Trinajstić information content (AvgIpc) is 3.09. The molecule has 0 atom stereocenters.